The molecule has 0 amide bonds. The molecule has 3 heteroatoms. The minimum atomic E-state index is 0.626. The molecule has 3 rings (SSSR count). The molecule has 0 radical (unpaired) electrons. The molecule has 3 aliphatic rings. The fourth-order valence-corrected chi connectivity index (χ4v) is 4.69. The molecule has 4 atom stereocenters. The van der Waals surface area contributed by atoms with E-state index < -0.39 is 0 Å². The van der Waals surface area contributed by atoms with E-state index in [4.69, 9.17) is 4.74 Å². The second-order valence-electron chi connectivity index (χ2n) is 6.98. The van der Waals surface area contributed by atoms with Gasteiger partial charge < -0.3 is 10.1 Å². The molecule has 2 aliphatic heterocycles. The number of piperidine rings is 1. The zero-order valence-electron chi connectivity index (χ0n) is 13.2. The highest BCUT2D eigenvalue weighted by Gasteiger charge is 2.40. The summed E-state index contributed by atoms with van der Waals surface area (Å²) in [6.45, 7) is 6.62. The molecule has 4 unspecified atom stereocenters. The molecule has 1 N–H and O–H groups in total. The zero-order valence-corrected chi connectivity index (χ0v) is 13.2. The third kappa shape index (κ3) is 3.20. The molecule has 0 bridgehead atoms. The van der Waals surface area contributed by atoms with E-state index in [1.54, 1.807) is 0 Å². The Hall–Kier alpha value is -0.120. The van der Waals surface area contributed by atoms with Crippen LogP contribution in [0.4, 0.5) is 0 Å². The molecule has 0 aromatic heterocycles. The first-order valence-corrected chi connectivity index (χ1v) is 8.97. The minimum Gasteiger partial charge on any atom is -0.380 e. The number of nitrogens with zero attached hydrogens (tertiary/aromatic N) is 1. The van der Waals surface area contributed by atoms with E-state index in [2.05, 4.69) is 17.1 Å². The monoisotopic (exact) mass is 280 g/mol. The smallest absolute Gasteiger partial charge is 0.0637 e. The SMILES string of the molecule is CCCNC1CCOCC1N1CCCC2CCCCC21. The van der Waals surface area contributed by atoms with E-state index in [-0.39, 0.29) is 0 Å². The lowest BCUT2D eigenvalue weighted by Crippen LogP contribution is -2.61. The fraction of sp³-hybridized carbons (Fsp3) is 1.00. The molecule has 0 spiro atoms. The van der Waals surface area contributed by atoms with Gasteiger partial charge in [-0.25, -0.2) is 0 Å². The molecule has 0 aromatic rings. The van der Waals surface area contributed by atoms with Crippen LogP contribution in [0.25, 0.3) is 0 Å². The Morgan fingerprint density at radius 1 is 1.05 bits per heavy atom. The number of hydrogen-bond donors (Lipinski definition) is 1. The molecule has 0 aromatic carbocycles. The van der Waals surface area contributed by atoms with Gasteiger partial charge in [0.25, 0.3) is 0 Å². The Bertz CT molecular complexity index is 295. The number of ether oxygens (including phenoxy) is 1. The summed E-state index contributed by atoms with van der Waals surface area (Å²) in [5, 5.41) is 3.79. The van der Waals surface area contributed by atoms with E-state index in [0.717, 1.165) is 31.7 Å². The van der Waals surface area contributed by atoms with Crippen LogP contribution in [-0.2, 0) is 4.74 Å². The van der Waals surface area contributed by atoms with E-state index in [1.165, 1.54) is 57.9 Å². The van der Waals surface area contributed by atoms with E-state index in [0.29, 0.717) is 12.1 Å². The molecular formula is C17H32N2O. The summed E-state index contributed by atoms with van der Waals surface area (Å²) in [5.41, 5.74) is 0. The van der Waals surface area contributed by atoms with Crippen LogP contribution in [0.5, 0.6) is 0 Å². The molecule has 116 valence electrons. The van der Waals surface area contributed by atoms with Crippen LogP contribution in [0.3, 0.4) is 0 Å². The summed E-state index contributed by atoms with van der Waals surface area (Å²) in [5.74, 6) is 0.978. The first kappa shape index (κ1) is 14.8. The van der Waals surface area contributed by atoms with Gasteiger partial charge in [-0.05, 0) is 57.5 Å². The van der Waals surface area contributed by atoms with Gasteiger partial charge in [-0.2, -0.15) is 0 Å². The largest absolute Gasteiger partial charge is 0.380 e. The lowest BCUT2D eigenvalue weighted by Gasteiger charge is -2.50. The van der Waals surface area contributed by atoms with Crippen molar-refractivity contribution in [1.29, 1.82) is 0 Å². The minimum absolute atomic E-state index is 0.626. The van der Waals surface area contributed by atoms with Crippen LogP contribution in [0.15, 0.2) is 0 Å². The van der Waals surface area contributed by atoms with Crippen LogP contribution >= 0.6 is 0 Å². The van der Waals surface area contributed by atoms with Crippen molar-refractivity contribution in [3.63, 3.8) is 0 Å². The highest BCUT2D eigenvalue weighted by Crippen LogP contribution is 2.37. The van der Waals surface area contributed by atoms with Crippen molar-refractivity contribution in [2.45, 2.75) is 76.4 Å². The average molecular weight is 280 g/mol. The van der Waals surface area contributed by atoms with Crippen LogP contribution in [0, 0.1) is 5.92 Å². The van der Waals surface area contributed by atoms with Crippen molar-refractivity contribution in [2.75, 3.05) is 26.3 Å². The predicted octanol–water partition coefficient (Wildman–Crippen LogP) is 2.80. The lowest BCUT2D eigenvalue weighted by atomic mass is 9.77. The Kier molecular flexibility index (Phi) is 5.36. The maximum absolute atomic E-state index is 5.84. The van der Waals surface area contributed by atoms with Gasteiger partial charge in [-0.3, -0.25) is 4.90 Å². The van der Waals surface area contributed by atoms with Gasteiger partial charge in [0.15, 0.2) is 0 Å². The van der Waals surface area contributed by atoms with Crippen molar-refractivity contribution < 1.29 is 4.74 Å². The summed E-state index contributed by atoms with van der Waals surface area (Å²) in [7, 11) is 0. The van der Waals surface area contributed by atoms with E-state index in [1.807, 2.05) is 0 Å². The maximum atomic E-state index is 5.84. The van der Waals surface area contributed by atoms with Gasteiger partial charge in [-0.1, -0.05) is 19.8 Å². The third-order valence-corrected chi connectivity index (χ3v) is 5.69. The van der Waals surface area contributed by atoms with E-state index in [9.17, 15) is 0 Å². The number of likely N-dealkylation sites (tertiary alicyclic amines) is 1. The maximum Gasteiger partial charge on any atom is 0.0637 e. The average Bonchev–Trinajstić information content (AvgIpc) is 2.53. The topological polar surface area (TPSA) is 24.5 Å². The van der Waals surface area contributed by atoms with Crippen LogP contribution in [0.1, 0.15) is 58.3 Å². The molecule has 1 aliphatic carbocycles. The molecule has 20 heavy (non-hydrogen) atoms. The fourth-order valence-electron chi connectivity index (χ4n) is 4.69. The normalized spacial score (nSPS) is 39.5. The van der Waals surface area contributed by atoms with E-state index >= 15 is 0 Å². The van der Waals surface area contributed by atoms with Crippen molar-refractivity contribution in [2.24, 2.45) is 5.92 Å². The molecular weight excluding hydrogens is 248 g/mol. The third-order valence-electron chi connectivity index (χ3n) is 5.69. The molecule has 3 fully saturated rings. The van der Waals surface area contributed by atoms with Crippen molar-refractivity contribution in [3.8, 4) is 0 Å². The highest BCUT2D eigenvalue weighted by atomic mass is 16.5. The number of fused-ring (bicyclic) bond motifs is 1. The Morgan fingerprint density at radius 2 is 1.90 bits per heavy atom. The Morgan fingerprint density at radius 3 is 2.80 bits per heavy atom. The van der Waals surface area contributed by atoms with Crippen LogP contribution in [0.2, 0.25) is 0 Å². The van der Waals surface area contributed by atoms with Crippen molar-refractivity contribution in [3.05, 3.63) is 0 Å². The van der Waals surface area contributed by atoms with Gasteiger partial charge in [0.2, 0.25) is 0 Å². The van der Waals surface area contributed by atoms with Crippen LogP contribution < -0.4 is 5.32 Å². The van der Waals surface area contributed by atoms with Crippen LogP contribution in [-0.4, -0.2) is 49.3 Å². The van der Waals surface area contributed by atoms with Gasteiger partial charge >= 0.3 is 0 Å². The van der Waals surface area contributed by atoms with Crippen molar-refractivity contribution >= 4 is 0 Å². The Labute approximate surface area is 124 Å². The lowest BCUT2D eigenvalue weighted by molar-refractivity contribution is -0.0529. The zero-order chi connectivity index (χ0) is 13.8. The molecule has 3 nitrogen and oxygen atoms in total. The quantitative estimate of drug-likeness (QED) is 0.857. The summed E-state index contributed by atoms with van der Waals surface area (Å²) < 4.78 is 5.84. The Balaban J connectivity index is 1.67. The highest BCUT2D eigenvalue weighted by molar-refractivity contribution is 4.95. The molecule has 2 heterocycles. The summed E-state index contributed by atoms with van der Waals surface area (Å²) >= 11 is 0. The van der Waals surface area contributed by atoms with Gasteiger partial charge in [-0.15, -0.1) is 0 Å². The second-order valence-corrected chi connectivity index (χ2v) is 6.98. The van der Waals surface area contributed by atoms with Gasteiger partial charge in [0, 0.05) is 24.7 Å². The number of nitrogens with one attached hydrogen (secondary N) is 1. The number of hydrogen-bond acceptors (Lipinski definition) is 3. The first-order valence-electron chi connectivity index (χ1n) is 8.97. The van der Waals surface area contributed by atoms with Gasteiger partial charge in [0.1, 0.15) is 0 Å². The summed E-state index contributed by atoms with van der Waals surface area (Å²) in [6, 6.07) is 2.14. The number of rotatable bonds is 4. The van der Waals surface area contributed by atoms with Crippen molar-refractivity contribution in [1.82, 2.24) is 10.2 Å². The van der Waals surface area contributed by atoms with Gasteiger partial charge in [0.05, 0.1) is 6.61 Å². The summed E-state index contributed by atoms with van der Waals surface area (Å²) in [6.07, 6.45) is 11.1. The summed E-state index contributed by atoms with van der Waals surface area (Å²) in [4.78, 5) is 2.85. The molecule has 1 saturated carbocycles. The first-order chi connectivity index (χ1) is 9.90. The standard InChI is InChI=1S/C17H32N2O/c1-2-10-18-15-9-12-20-13-17(15)19-11-5-7-14-6-3-4-8-16(14)19/h14-18H,2-13H2,1H3. The molecule has 2 saturated heterocycles. The second kappa shape index (κ2) is 7.24. The predicted molar refractivity (Wildman–Crippen MR) is 83.0 cm³/mol.